The van der Waals surface area contributed by atoms with Crippen molar-refractivity contribution in [2.24, 2.45) is 0 Å². The van der Waals surface area contributed by atoms with Gasteiger partial charge in [0.05, 0.1) is 6.42 Å². The predicted octanol–water partition coefficient (Wildman–Crippen LogP) is 3.95. The lowest BCUT2D eigenvalue weighted by Gasteiger charge is -2.10. The minimum absolute atomic E-state index is 0.0109. The molecule has 0 unspecified atom stereocenters. The van der Waals surface area contributed by atoms with Gasteiger partial charge in [-0.05, 0) is 66.8 Å². The van der Waals surface area contributed by atoms with Gasteiger partial charge in [-0.25, -0.2) is 14.4 Å². The Kier molecular flexibility index (Phi) is 4.54. The van der Waals surface area contributed by atoms with Crippen LogP contribution in [0.5, 0.6) is 0 Å². The molecule has 0 saturated heterocycles. The second-order valence-corrected chi connectivity index (χ2v) is 6.67. The summed E-state index contributed by atoms with van der Waals surface area (Å²) >= 11 is 0. The third-order valence-electron chi connectivity index (χ3n) is 4.63. The normalized spacial score (nSPS) is 12.6. The van der Waals surface area contributed by atoms with Gasteiger partial charge in [0.2, 0.25) is 11.9 Å². The van der Waals surface area contributed by atoms with Gasteiger partial charge in [-0.15, -0.1) is 0 Å². The summed E-state index contributed by atoms with van der Waals surface area (Å²) in [5.74, 6) is 0.304. The van der Waals surface area contributed by atoms with Gasteiger partial charge in [0.1, 0.15) is 5.82 Å². The molecule has 3 aromatic rings. The van der Waals surface area contributed by atoms with Crippen LogP contribution in [0.3, 0.4) is 0 Å². The molecule has 2 aromatic carbocycles. The number of amides is 1. The van der Waals surface area contributed by atoms with Crippen LogP contribution in [0, 0.1) is 12.7 Å². The summed E-state index contributed by atoms with van der Waals surface area (Å²) in [5, 5.41) is 6.03. The van der Waals surface area contributed by atoms with Gasteiger partial charge in [0.15, 0.2) is 0 Å². The van der Waals surface area contributed by atoms with Crippen molar-refractivity contribution in [3.63, 3.8) is 0 Å². The molecule has 0 saturated carbocycles. The highest BCUT2D eigenvalue weighted by Crippen LogP contribution is 2.27. The topological polar surface area (TPSA) is 66.9 Å². The summed E-state index contributed by atoms with van der Waals surface area (Å²) in [6, 6.07) is 12.3. The highest BCUT2D eigenvalue weighted by Gasteiger charge is 2.17. The summed E-state index contributed by atoms with van der Waals surface area (Å²) in [6.45, 7) is 1.98. The molecule has 5 nitrogen and oxygen atoms in total. The van der Waals surface area contributed by atoms with Crippen molar-refractivity contribution >= 4 is 23.2 Å². The standard InChI is InChI=1S/C21H19FN4O/c1-13-12-23-21(24-17-7-9-19-15(10-17)11-20(27)25-19)26-18(13)8-4-14-2-5-16(22)6-3-14/h2-3,5-7,9-10,12H,4,8,11H2,1H3,(H,25,27)(H,23,24,26). The van der Waals surface area contributed by atoms with E-state index in [1.54, 1.807) is 18.3 Å². The first-order valence-corrected chi connectivity index (χ1v) is 8.83. The molecule has 0 spiro atoms. The maximum Gasteiger partial charge on any atom is 0.228 e. The van der Waals surface area contributed by atoms with Crippen LogP contribution < -0.4 is 10.6 Å². The summed E-state index contributed by atoms with van der Waals surface area (Å²) < 4.78 is 13.0. The second-order valence-electron chi connectivity index (χ2n) is 6.67. The van der Waals surface area contributed by atoms with Gasteiger partial charge in [0, 0.05) is 23.3 Å². The fraction of sp³-hybridized carbons (Fsp3) is 0.190. The van der Waals surface area contributed by atoms with Gasteiger partial charge in [-0.3, -0.25) is 4.79 Å². The number of anilines is 3. The third-order valence-corrected chi connectivity index (χ3v) is 4.63. The summed E-state index contributed by atoms with van der Waals surface area (Å²) in [4.78, 5) is 20.5. The molecule has 0 bridgehead atoms. The molecule has 1 aliphatic rings. The average Bonchev–Trinajstić information content (AvgIpc) is 3.03. The zero-order valence-corrected chi connectivity index (χ0v) is 14.9. The highest BCUT2D eigenvalue weighted by atomic mass is 19.1. The minimum Gasteiger partial charge on any atom is -0.326 e. The number of carbonyl (C=O) groups excluding carboxylic acids is 1. The zero-order chi connectivity index (χ0) is 18.8. The number of nitrogens with zero attached hydrogens (tertiary/aromatic N) is 2. The number of halogens is 1. The van der Waals surface area contributed by atoms with E-state index >= 15 is 0 Å². The predicted molar refractivity (Wildman–Crippen MR) is 103 cm³/mol. The van der Waals surface area contributed by atoms with E-state index in [0.29, 0.717) is 12.4 Å². The monoisotopic (exact) mass is 362 g/mol. The lowest BCUT2D eigenvalue weighted by molar-refractivity contribution is -0.115. The first-order chi connectivity index (χ1) is 13.1. The van der Waals surface area contributed by atoms with E-state index in [4.69, 9.17) is 0 Å². The summed E-state index contributed by atoms with van der Waals surface area (Å²) in [6.07, 6.45) is 3.72. The zero-order valence-electron chi connectivity index (χ0n) is 14.9. The lowest BCUT2D eigenvalue weighted by Crippen LogP contribution is -2.04. The Bertz CT molecular complexity index is 1000. The van der Waals surface area contributed by atoms with E-state index in [2.05, 4.69) is 20.6 Å². The number of aryl methyl sites for hydroxylation is 3. The van der Waals surface area contributed by atoms with Gasteiger partial charge in [0.25, 0.3) is 0 Å². The number of benzene rings is 2. The number of hydrogen-bond donors (Lipinski definition) is 2. The SMILES string of the molecule is Cc1cnc(Nc2ccc3c(c2)CC(=O)N3)nc1CCc1ccc(F)cc1. The molecular weight excluding hydrogens is 343 g/mol. The third kappa shape index (κ3) is 3.95. The Labute approximate surface area is 156 Å². The molecule has 0 aliphatic carbocycles. The van der Waals surface area contributed by atoms with Crippen LogP contribution in [0.4, 0.5) is 21.7 Å². The van der Waals surface area contributed by atoms with Crippen molar-refractivity contribution < 1.29 is 9.18 Å². The molecule has 2 heterocycles. The van der Waals surface area contributed by atoms with E-state index in [9.17, 15) is 9.18 Å². The molecule has 2 N–H and O–H groups in total. The Hall–Kier alpha value is -3.28. The maximum absolute atomic E-state index is 13.0. The smallest absolute Gasteiger partial charge is 0.228 e. The van der Waals surface area contributed by atoms with Gasteiger partial charge < -0.3 is 10.6 Å². The van der Waals surface area contributed by atoms with Crippen molar-refractivity contribution in [3.05, 3.63) is 76.9 Å². The van der Waals surface area contributed by atoms with Crippen molar-refractivity contribution in [3.8, 4) is 0 Å². The van der Waals surface area contributed by atoms with E-state index in [0.717, 1.165) is 46.6 Å². The number of hydrogen-bond acceptors (Lipinski definition) is 4. The van der Waals surface area contributed by atoms with Crippen molar-refractivity contribution in [1.82, 2.24) is 9.97 Å². The molecule has 0 fully saturated rings. The van der Waals surface area contributed by atoms with Crippen molar-refractivity contribution in [2.45, 2.75) is 26.2 Å². The van der Waals surface area contributed by atoms with E-state index in [1.165, 1.54) is 12.1 Å². The molecule has 136 valence electrons. The molecular formula is C21H19FN4O. The molecule has 0 atom stereocenters. The molecule has 1 aromatic heterocycles. The van der Waals surface area contributed by atoms with Crippen LogP contribution in [-0.2, 0) is 24.1 Å². The number of rotatable bonds is 5. The van der Waals surface area contributed by atoms with Crippen LogP contribution in [0.2, 0.25) is 0 Å². The van der Waals surface area contributed by atoms with E-state index in [1.807, 2.05) is 25.1 Å². The Balaban J connectivity index is 1.48. The van der Waals surface area contributed by atoms with Crippen molar-refractivity contribution in [2.75, 3.05) is 10.6 Å². The maximum atomic E-state index is 13.0. The number of nitrogens with one attached hydrogen (secondary N) is 2. The van der Waals surface area contributed by atoms with E-state index in [-0.39, 0.29) is 11.7 Å². The molecule has 4 rings (SSSR count). The molecule has 1 aliphatic heterocycles. The number of aromatic nitrogens is 2. The van der Waals surface area contributed by atoms with Crippen LogP contribution in [0.15, 0.2) is 48.7 Å². The first kappa shape index (κ1) is 17.1. The average molecular weight is 362 g/mol. The molecule has 1 amide bonds. The number of carbonyl (C=O) groups is 1. The summed E-state index contributed by atoms with van der Waals surface area (Å²) in [7, 11) is 0. The first-order valence-electron chi connectivity index (χ1n) is 8.83. The van der Waals surface area contributed by atoms with Gasteiger partial charge in [-0.2, -0.15) is 0 Å². The van der Waals surface area contributed by atoms with Gasteiger partial charge in [-0.1, -0.05) is 12.1 Å². The molecule has 0 radical (unpaired) electrons. The molecule has 6 heteroatoms. The quantitative estimate of drug-likeness (QED) is 0.721. The Morgan fingerprint density at radius 2 is 1.96 bits per heavy atom. The summed E-state index contributed by atoms with van der Waals surface area (Å²) in [5.41, 5.74) is 5.71. The van der Waals surface area contributed by atoms with Crippen molar-refractivity contribution in [1.29, 1.82) is 0 Å². The van der Waals surface area contributed by atoms with Gasteiger partial charge >= 0.3 is 0 Å². The Morgan fingerprint density at radius 3 is 2.78 bits per heavy atom. The van der Waals surface area contributed by atoms with E-state index < -0.39 is 0 Å². The Morgan fingerprint density at radius 1 is 1.15 bits per heavy atom. The molecule has 27 heavy (non-hydrogen) atoms. The highest BCUT2D eigenvalue weighted by molar-refractivity contribution is 5.99. The number of fused-ring (bicyclic) bond motifs is 1. The largest absolute Gasteiger partial charge is 0.326 e. The van der Waals surface area contributed by atoms with Crippen LogP contribution in [0.25, 0.3) is 0 Å². The fourth-order valence-corrected chi connectivity index (χ4v) is 3.14. The van der Waals surface area contributed by atoms with Crippen LogP contribution in [-0.4, -0.2) is 15.9 Å². The minimum atomic E-state index is -0.227. The second kappa shape index (κ2) is 7.15. The van der Waals surface area contributed by atoms with Crippen LogP contribution >= 0.6 is 0 Å². The lowest BCUT2D eigenvalue weighted by atomic mass is 10.1. The van der Waals surface area contributed by atoms with Crippen LogP contribution in [0.1, 0.15) is 22.4 Å². The fourth-order valence-electron chi connectivity index (χ4n) is 3.14.